The highest BCUT2D eigenvalue weighted by Crippen LogP contribution is 2.29. The summed E-state index contributed by atoms with van der Waals surface area (Å²) in [6, 6.07) is 8.06. The van der Waals surface area contributed by atoms with E-state index in [1.54, 1.807) is 11.0 Å². The molecular formula is C22H23F3N2O2. The van der Waals surface area contributed by atoms with Crippen LogP contribution in [-0.2, 0) is 11.3 Å². The number of piperidine rings is 1. The van der Waals surface area contributed by atoms with Crippen molar-refractivity contribution in [2.75, 3.05) is 19.6 Å². The number of Topliss-reactive ketones (excluding diaryl/α,β-unsaturated/α-hetero) is 1. The minimum atomic E-state index is -0.645. The van der Waals surface area contributed by atoms with Crippen molar-refractivity contribution in [2.24, 2.45) is 0 Å². The molecule has 1 N–H and O–H groups in total. The van der Waals surface area contributed by atoms with Crippen molar-refractivity contribution in [1.82, 2.24) is 10.2 Å². The van der Waals surface area contributed by atoms with E-state index >= 15 is 0 Å². The van der Waals surface area contributed by atoms with Crippen LogP contribution in [0.5, 0.6) is 0 Å². The van der Waals surface area contributed by atoms with E-state index in [0.717, 1.165) is 11.6 Å². The Morgan fingerprint density at radius 3 is 2.38 bits per heavy atom. The van der Waals surface area contributed by atoms with Gasteiger partial charge in [-0.2, -0.15) is 0 Å². The first-order valence-corrected chi connectivity index (χ1v) is 9.58. The molecule has 0 radical (unpaired) electrons. The zero-order valence-corrected chi connectivity index (χ0v) is 16.2. The van der Waals surface area contributed by atoms with Gasteiger partial charge in [-0.15, -0.1) is 0 Å². The van der Waals surface area contributed by atoms with Crippen LogP contribution in [0.15, 0.2) is 36.4 Å². The van der Waals surface area contributed by atoms with Crippen LogP contribution in [0.3, 0.4) is 0 Å². The van der Waals surface area contributed by atoms with Crippen LogP contribution in [0, 0.1) is 17.5 Å². The molecule has 1 heterocycles. The van der Waals surface area contributed by atoms with Crippen molar-refractivity contribution in [3.63, 3.8) is 0 Å². The molecule has 3 rings (SSSR count). The number of carbonyl (C=O) groups is 2. The number of amides is 1. The largest absolute Gasteiger partial charge is 0.342 e. The SMILES string of the molecule is CC(=O)c1ccc(C2CCN(C(=O)CNCc3ccc(F)cc3F)CC2)cc1F. The topological polar surface area (TPSA) is 49.4 Å². The third-order valence-electron chi connectivity index (χ3n) is 5.30. The number of likely N-dealkylation sites (tertiary alicyclic amines) is 1. The van der Waals surface area contributed by atoms with Gasteiger partial charge in [-0.05, 0) is 49.4 Å². The zero-order valence-electron chi connectivity index (χ0n) is 16.2. The molecule has 2 aromatic carbocycles. The fourth-order valence-corrected chi connectivity index (χ4v) is 3.61. The predicted octanol–water partition coefficient (Wildman–Crippen LogP) is 3.80. The average Bonchev–Trinajstić information content (AvgIpc) is 2.69. The first-order valence-electron chi connectivity index (χ1n) is 9.58. The Balaban J connectivity index is 1.48. The van der Waals surface area contributed by atoms with Crippen molar-refractivity contribution in [3.05, 3.63) is 70.5 Å². The van der Waals surface area contributed by atoms with Crippen LogP contribution < -0.4 is 5.32 Å². The minimum absolute atomic E-state index is 0.0589. The zero-order chi connectivity index (χ0) is 21.0. The molecular weight excluding hydrogens is 381 g/mol. The quantitative estimate of drug-likeness (QED) is 0.745. The van der Waals surface area contributed by atoms with Gasteiger partial charge in [-0.25, -0.2) is 13.2 Å². The van der Waals surface area contributed by atoms with Gasteiger partial charge in [0.2, 0.25) is 5.91 Å². The van der Waals surface area contributed by atoms with Crippen LogP contribution in [0.4, 0.5) is 13.2 Å². The number of benzene rings is 2. The predicted molar refractivity (Wildman–Crippen MR) is 103 cm³/mol. The van der Waals surface area contributed by atoms with Crippen LogP contribution >= 0.6 is 0 Å². The van der Waals surface area contributed by atoms with Crippen LogP contribution in [-0.4, -0.2) is 36.2 Å². The Bertz CT molecular complexity index is 909. The molecule has 0 bridgehead atoms. The molecule has 7 heteroatoms. The van der Waals surface area contributed by atoms with Crippen molar-refractivity contribution in [2.45, 2.75) is 32.2 Å². The lowest BCUT2D eigenvalue weighted by Crippen LogP contribution is -2.42. The number of ketones is 1. The molecule has 0 unspecified atom stereocenters. The highest BCUT2D eigenvalue weighted by molar-refractivity contribution is 5.94. The molecule has 1 amide bonds. The van der Waals surface area contributed by atoms with Crippen molar-refractivity contribution in [1.29, 1.82) is 0 Å². The van der Waals surface area contributed by atoms with Gasteiger partial charge in [0.15, 0.2) is 5.78 Å². The molecule has 0 spiro atoms. The van der Waals surface area contributed by atoms with Gasteiger partial charge in [-0.3, -0.25) is 9.59 Å². The molecule has 0 saturated carbocycles. The Kier molecular flexibility index (Phi) is 6.69. The summed E-state index contributed by atoms with van der Waals surface area (Å²) in [5.41, 5.74) is 1.23. The van der Waals surface area contributed by atoms with E-state index in [0.29, 0.717) is 31.5 Å². The first-order chi connectivity index (χ1) is 13.8. The highest BCUT2D eigenvalue weighted by Gasteiger charge is 2.24. The minimum Gasteiger partial charge on any atom is -0.342 e. The maximum Gasteiger partial charge on any atom is 0.236 e. The summed E-state index contributed by atoms with van der Waals surface area (Å²) in [7, 11) is 0. The molecule has 0 aromatic heterocycles. The van der Waals surface area contributed by atoms with Crippen LogP contribution in [0.1, 0.15) is 47.2 Å². The third-order valence-corrected chi connectivity index (χ3v) is 5.30. The Morgan fingerprint density at radius 1 is 1.03 bits per heavy atom. The summed E-state index contributed by atoms with van der Waals surface area (Å²) in [6.07, 6.45) is 1.41. The summed E-state index contributed by atoms with van der Waals surface area (Å²) in [5.74, 6) is -2.05. The number of nitrogens with zero attached hydrogens (tertiary/aromatic N) is 1. The van der Waals surface area contributed by atoms with Crippen molar-refractivity contribution in [3.8, 4) is 0 Å². The van der Waals surface area contributed by atoms with Gasteiger partial charge in [0.1, 0.15) is 17.5 Å². The van der Waals surface area contributed by atoms with E-state index in [-0.39, 0.29) is 36.3 Å². The molecule has 154 valence electrons. The molecule has 1 fully saturated rings. The second-order valence-electron chi connectivity index (χ2n) is 7.29. The fraction of sp³-hybridized carbons (Fsp3) is 0.364. The summed E-state index contributed by atoms with van der Waals surface area (Å²) < 4.78 is 40.6. The number of rotatable bonds is 6. The van der Waals surface area contributed by atoms with Crippen LogP contribution in [0.25, 0.3) is 0 Å². The number of hydrogen-bond donors (Lipinski definition) is 1. The van der Waals surface area contributed by atoms with E-state index in [1.165, 1.54) is 31.2 Å². The van der Waals surface area contributed by atoms with Gasteiger partial charge in [0.05, 0.1) is 12.1 Å². The van der Waals surface area contributed by atoms with Gasteiger partial charge in [0.25, 0.3) is 0 Å². The number of carbonyl (C=O) groups excluding carboxylic acids is 2. The maximum atomic E-state index is 14.0. The molecule has 0 atom stereocenters. The van der Waals surface area contributed by atoms with Crippen molar-refractivity contribution >= 4 is 11.7 Å². The summed E-state index contributed by atoms with van der Waals surface area (Å²) in [5, 5.41) is 2.89. The van der Waals surface area contributed by atoms with E-state index in [1.807, 2.05) is 0 Å². The molecule has 4 nitrogen and oxygen atoms in total. The normalized spacial score (nSPS) is 14.8. The fourth-order valence-electron chi connectivity index (χ4n) is 3.61. The molecule has 0 aliphatic carbocycles. The summed E-state index contributed by atoms with van der Waals surface area (Å²) in [4.78, 5) is 25.4. The average molecular weight is 404 g/mol. The highest BCUT2D eigenvalue weighted by atomic mass is 19.1. The first kappa shape index (κ1) is 21.0. The lowest BCUT2D eigenvalue weighted by atomic mass is 9.88. The second-order valence-corrected chi connectivity index (χ2v) is 7.29. The Hall–Kier alpha value is -2.67. The van der Waals surface area contributed by atoms with E-state index in [9.17, 15) is 22.8 Å². The third kappa shape index (κ3) is 5.23. The molecule has 29 heavy (non-hydrogen) atoms. The monoisotopic (exact) mass is 404 g/mol. The van der Waals surface area contributed by atoms with Gasteiger partial charge < -0.3 is 10.2 Å². The number of nitrogens with one attached hydrogen (secondary N) is 1. The smallest absolute Gasteiger partial charge is 0.236 e. The lowest BCUT2D eigenvalue weighted by molar-refractivity contribution is -0.131. The van der Waals surface area contributed by atoms with Gasteiger partial charge in [-0.1, -0.05) is 12.1 Å². The van der Waals surface area contributed by atoms with Gasteiger partial charge >= 0.3 is 0 Å². The van der Waals surface area contributed by atoms with E-state index < -0.39 is 17.5 Å². The summed E-state index contributed by atoms with van der Waals surface area (Å²) >= 11 is 0. The standard InChI is InChI=1S/C22H23F3N2O2/c1-14(28)19-5-3-16(10-21(19)25)15-6-8-27(9-7-15)22(29)13-26-12-17-2-4-18(23)11-20(17)24/h2-5,10-11,15,26H,6-9,12-13H2,1H3. The number of halogens is 3. The molecule has 1 aliphatic rings. The Morgan fingerprint density at radius 2 is 1.76 bits per heavy atom. The lowest BCUT2D eigenvalue weighted by Gasteiger charge is -2.32. The molecule has 1 saturated heterocycles. The van der Waals surface area contributed by atoms with Crippen LogP contribution in [0.2, 0.25) is 0 Å². The van der Waals surface area contributed by atoms with Crippen molar-refractivity contribution < 1.29 is 22.8 Å². The summed E-state index contributed by atoms with van der Waals surface area (Å²) in [6.45, 7) is 2.62. The maximum absolute atomic E-state index is 14.0. The number of hydrogen-bond acceptors (Lipinski definition) is 3. The molecule has 1 aliphatic heterocycles. The van der Waals surface area contributed by atoms with Gasteiger partial charge in [0, 0.05) is 31.3 Å². The Labute approximate surface area is 167 Å². The van der Waals surface area contributed by atoms with E-state index in [4.69, 9.17) is 0 Å². The second kappa shape index (κ2) is 9.22. The van der Waals surface area contributed by atoms with E-state index in [2.05, 4.69) is 5.32 Å². The molecule has 2 aromatic rings.